The van der Waals surface area contributed by atoms with Crippen molar-refractivity contribution in [1.82, 2.24) is 4.98 Å². The minimum atomic E-state index is -4.71. The number of hydrogen-bond acceptors (Lipinski definition) is 2. The maximum atomic E-state index is 12.1. The molecule has 1 atom stereocenters. The van der Waals surface area contributed by atoms with Gasteiger partial charge in [0.2, 0.25) is 0 Å². The molecule has 0 saturated heterocycles. The summed E-state index contributed by atoms with van der Waals surface area (Å²) in [6, 6.07) is 1.39. The quantitative estimate of drug-likeness (QED) is 0.855. The highest BCUT2D eigenvalue weighted by molar-refractivity contribution is 9.11. The lowest BCUT2D eigenvalue weighted by molar-refractivity contribution is -0.208. The zero-order valence-electron chi connectivity index (χ0n) is 6.52. The minimum absolute atomic E-state index is 0.108. The maximum absolute atomic E-state index is 12.1. The van der Waals surface area contributed by atoms with Crippen LogP contribution >= 0.6 is 31.9 Å². The van der Waals surface area contributed by atoms with Crippen LogP contribution in [0.25, 0.3) is 0 Å². The average Bonchev–Trinajstić information content (AvgIpc) is 2.01. The van der Waals surface area contributed by atoms with Crippen molar-refractivity contribution in [2.75, 3.05) is 0 Å². The molecule has 0 radical (unpaired) electrons. The first kappa shape index (κ1) is 11.9. The molecule has 0 aliphatic rings. The second-order valence-electron chi connectivity index (χ2n) is 2.46. The Bertz CT molecular complexity index is 342. The fourth-order valence-corrected chi connectivity index (χ4v) is 1.99. The van der Waals surface area contributed by atoms with Gasteiger partial charge in [-0.15, -0.1) is 0 Å². The standard InChI is InChI=1S/C7H4Br2F3NO/c8-3-1-4(9)5(13-2-3)6(14)7(10,11)12/h1-2,6,14H. The highest BCUT2D eigenvalue weighted by atomic mass is 79.9. The van der Waals surface area contributed by atoms with E-state index >= 15 is 0 Å². The molecule has 1 aromatic rings. The molecule has 1 unspecified atom stereocenters. The molecule has 0 bridgehead atoms. The monoisotopic (exact) mass is 333 g/mol. The van der Waals surface area contributed by atoms with Gasteiger partial charge in [0.25, 0.3) is 0 Å². The van der Waals surface area contributed by atoms with Crippen LogP contribution in [0.4, 0.5) is 13.2 Å². The van der Waals surface area contributed by atoms with E-state index in [9.17, 15) is 13.2 Å². The predicted molar refractivity (Wildman–Crippen MR) is 50.7 cm³/mol. The Morgan fingerprint density at radius 1 is 1.36 bits per heavy atom. The second-order valence-corrected chi connectivity index (χ2v) is 4.23. The molecule has 1 rings (SSSR count). The van der Waals surface area contributed by atoms with Crippen molar-refractivity contribution >= 4 is 31.9 Å². The molecule has 0 aliphatic heterocycles. The van der Waals surface area contributed by atoms with Crippen LogP contribution < -0.4 is 0 Å². The third-order valence-corrected chi connectivity index (χ3v) is 2.47. The van der Waals surface area contributed by atoms with Crippen LogP contribution in [0.15, 0.2) is 21.2 Å². The van der Waals surface area contributed by atoms with Crippen LogP contribution in [-0.4, -0.2) is 16.3 Å². The third-order valence-electron chi connectivity index (χ3n) is 1.41. The Labute approximate surface area is 94.4 Å². The molecule has 1 N–H and O–H groups in total. The predicted octanol–water partition coefficient (Wildman–Crippen LogP) is 3.20. The van der Waals surface area contributed by atoms with E-state index in [0.717, 1.165) is 0 Å². The first-order valence-corrected chi connectivity index (χ1v) is 4.96. The van der Waals surface area contributed by atoms with Crippen LogP contribution in [0.3, 0.4) is 0 Å². The van der Waals surface area contributed by atoms with Crippen LogP contribution in [-0.2, 0) is 0 Å². The summed E-state index contributed by atoms with van der Waals surface area (Å²) in [6.07, 6.45) is -6.08. The topological polar surface area (TPSA) is 33.1 Å². The highest BCUT2D eigenvalue weighted by Crippen LogP contribution is 2.35. The van der Waals surface area contributed by atoms with E-state index in [4.69, 9.17) is 5.11 Å². The molecule has 0 fully saturated rings. The van der Waals surface area contributed by atoms with E-state index in [0.29, 0.717) is 4.47 Å². The number of alkyl halides is 3. The fraction of sp³-hybridized carbons (Fsp3) is 0.286. The first-order chi connectivity index (χ1) is 6.32. The minimum Gasteiger partial charge on any atom is -0.378 e. The van der Waals surface area contributed by atoms with Gasteiger partial charge in [-0.25, -0.2) is 0 Å². The summed E-state index contributed by atoms with van der Waals surface area (Å²) in [4.78, 5) is 3.48. The van der Waals surface area contributed by atoms with Crippen molar-refractivity contribution < 1.29 is 18.3 Å². The van der Waals surface area contributed by atoms with Gasteiger partial charge in [0, 0.05) is 15.1 Å². The van der Waals surface area contributed by atoms with E-state index in [1.54, 1.807) is 0 Å². The summed E-state index contributed by atoms with van der Waals surface area (Å²) < 4.78 is 36.9. The average molecular weight is 335 g/mol. The number of hydrogen-bond donors (Lipinski definition) is 1. The Morgan fingerprint density at radius 3 is 2.36 bits per heavy atom. The Morgan fingerprint density at radius 2 is 1.93 bits per heavy atom. The molecule has 0 aromatic carbocycles. The normalized spacial score (nSPS) is 14.1. The summed E-state index contributed by atoms with van der Waals surface area (Å²) in [6.45, 7) is 0. The van der Waals surface area contributed by atoms with Crippen LogP contribution in [0, 0.1) is 0 Å². The molecule has 7 heteroatoms. The lowest BCUT2D eigenvalue weighted by Crippen LogP contribution is -2.21. The molecule has 1 heterocycles. The van der Waals surface area contributed by atoms with Gasteiger partial charge >= 0.3 is 6.18 Å². The zero-order chi connectivity index (χ0) is 10.9. The summed E-state index contributed by atoms with van der Waals surface area (Å²) >= 11 is 5.93. The zero-order valence-corrected chi connectivity index (χ0v) is 9.69. The van der Waals surface area contributed by atoms with Crippen LogP contribution in [0.5, 0.6) is 0 Å². The van der Waals surface area contributed by atoms with Gasteiger partial charge < -0.3 is 5.11 Å². The van der Waals surface area contributed by atoms with Crippen molar-refractivity contribution in [3.8, 4) is 0 Å². The van der Waals surface area contributed by atoms with Gasteiger partial charge in [-0.3, -0.25) is 4.98 Å². The van der Waals surface area contributed by atoms with Crippen molar-refractivity contribution in [2.24, 2.45) is 0 Å². The van der Waals surface area contributed by atoms with Gasteiger partial charge in [0.15, 0.2) is 6.10 Å². The highest BCUT2D eigenvalue weighted by Gasteiger charge is 2.41. The van der Waals surface area contributed by atoms with E-state index in [1.165, 1.54) is 12.3 Å². The fourth-order valence-electron chi connectivity index (χ4n) is 0.781. The van der Waals surface area contributed by atoms with Gasteiger partial charge in [-0.2, -0.15) is 13.2 Å². The molecule has 0 saturated carbocycles. The van der Waals surface area contributed by atoms with Gasteiger partial charge in [0.05, 0.1) is 5.69 Å². The summed E-state index contributed by atoms with van der Waals surface area (Å²) in [5.41, 5.74) is -0.444. The van der Waals surface area contributed by atoms with Crippen molar-refractivity contribution in [1.29, 1.82) is 0 Å². The summed E-state index contributed by atoms with van der Waals surface area (Å²) in [5.74, 6) is 0. The van der Waals surface area contributed by atoms with Crippen molar-refractivity contribution in [3.05, 3.63) is 26.9 Å². The maximum Gasteiger partial charge on any atom is 0.420 e. The van der Waals surface area contributed by atoms with Crippen LogP contribution in [0.2, 0.25) is 0 Å². The summed E-state index contributed by atoms with van der Waals surface area (Å²) in [5, 5.41) is 8.90. The largest absolute Gasteiger partial charge is 0.420 e. The van der Waals surface area contributed by atoms with E-state index in [1.807, 2.05) is 0 Å². The first-order valence-electron chi connectivity index (χ1n) is 3.38. The van der Waals surface area contributed by atoms with Crippen molar-refractivity contribution in [2.45, 2.75) is 12.3 Å². The molecule has 0 amide bonds. The van der Waals surface area contributed by atoms with E-state index in [-0.39, 0.29) is 4.47 Å². The molecule has 14 heavy (non-hydrogen) atoms. The lowest BCUT2D eigenvalue weighted by Gasteiger charge is -2.14. The molecular weight excluding hydrogens is 331 g/mol. The van der Waals surface area contributed by atoms with E-state index < -0.39 is 18.0 Å². The molecule has 1 aromatic heterocycles. The van der Waals surface area contributed by atoms with Crippen molar-refractivity contribution in [3.63, 3.8) is 0 Å². The van der Waals surface area contributed by atoms with Crippen LogP contribution in [0.1, 0.15) is 11.8 Å². The summed E-state index contributed by atoms with van der Waals surface area (Å²) in [7, 11) is 0. The second kappa shape index (κ2) is 4.16. The number of aromatic nitrogens is 1. The number of nitrogens with zero attached hydrogens (tertiary/aromatic N) is 1. The lowest BCUT2D eigenvalue weighted by atomic mass is 10.2. The van der Waals surface area contributed by atoms with Gasteiger partial charge in [-0.1, -0.05) is 0 Å². The number of rotatable bonds is 1. The third kappa shape index (κ3) is 2.68. The Balaban J connectivity index is 3.08. The smallest absolute Gasteiger partial charge is 0.378 e. The number of aliphatic hydroxyl groups excluding tert-OH is 1. The molecule has 78 valence electrons. The number of halogens is 5. The molecule has 0 spiro atoms. The Kier molecular flexibility index (Phi) is 3.54. The van der Waals surface area contributed by atoms with E-state index in [2.05, 4.69) is 36.8 Å². The van der Waals surface area contributed by atoms with Gasteiger partial charge in [-0.05, 0) is 37.9 Å². The number of pyridine rings is 1. The molecule has 2 nitrogen and oxygen atoms in total. The number of aliphatic hydroxyl groups is 1. The Hall–Kier alpha value is -0.140. The molecule has 0 aliphatic carbocycles. The van der Waals surface area contributed by atoms with Gasteiger partial charge in [0.1, 0.15) is 0 Å². The SMILES string of the molecule is OC(c1ncc(Br)cc1Br)C(F)(F)F. The molecular formula is C7H4Br2F3NO.